The summed E-state index contributed by atoms with van der Waals surface area (Å²) in [5.41, 5.74) is 3.20. The molecule has 2 aliphatic rings. The van der Waals surface area contributed by atoms with Crippen molar-refractivity contribution in [2.24, 2.45) is 5.92 Å². The minimum Gasteiger partial charge on any atom is -0.496 e. The zero-order valence-corrected chi connectivity index (χ0v) is 17.3. The second-order valence-electron chi connectivity index (χ2n) is 6.67. The zero-order valence-electron chi connectivity index (χ0n) is 14.3. The Morgan fingerprint density at radius 3 is 2.92 bits per heavy atom. The van der Waals surface area contributed by atoms with E-state index in [-0.39, 0.29) is 12.1 Å². The highest BCUT2D eigenvalue weighted by Gasteiger charge is 2.33. The molecule has 4 rings (SSSR count). The predicted molar refractivity (Wildman–Crippen MR) is 110 cm³/mol. The van der Waals surface area contributed by atoms with Gasteiger partial charge < -0.3 is 15.4 Å². The molecular weight excluding hydrogens is 447 g/mol. The lowest BCUT2D eigenvalue weighted by Crippen LogP contribution is -2.38. The van der Waals surface area contributed by atoms with Gasteiger partial charge in [-0.3, -0.25) is 4.79 Å². The number of benzene rings is 1. The molecule has 2 aromatic rings. The van der Waals surface area contributed by atoms with E-state index >= 15 is 0 Å². The molecule has 0 fully saturated rings. The monoisotopic (exact) mass is 468 g/mol. The molecule has 0 spiro atoms. The molecule has 2 N–H and O–H groups in total. The average Bonchev–Trinajstić information content (AvgIpc) is 2.99. The van der Waals surface area contributed by atoms with Crippen molar-refractivity contribution in [2.75, 3.05) is 12.4 Å². The van der Waals surface area contributed by atoms with Crippen LogP contribution in [0, 0.1) is 9.49 Å². The lowest BCUT2D eigenvalue weighted by molar-refractivity contribution is 0.0935. The smallest absolute Gasteiger partial charge is 0.256 e. The first-order valence-electron chi connectivity index (χ1n) is 8.66. The second-order valence-corrected chi connectivity index (χ2v) is 8.94. The van der Waals surface area contributed by atoms with E-state index in [2.05, 4.69) is 46.2 Å². The molecular formula is C19H21IN2O2S. The maximum atomic E-state index is 12.8. The van der Waals surface area contributed by atoms with E-state index in [0.29, 0.717) is 0 Å². The Morgan fingerprint density at radius 2 is 2.20 bits per heavy atom. The first-order valence-corrected chi connectivity index (χ1v) is 10.6. The van der Waals surface area contributed by atoms with Gasteiger partial charge in [0.05, 0.1) is 16.2 Å². The molecule has 0 bridgehead atoms. The van der Waals surface area contributed by atoms with Crippen molar-refractivity contribution in [2.45, 2.75) is 38.8 Å². The topological polar surface area (TPSA) is 50.4 Å². The highest BCUT2D eigenvalue weighted by Crippen LogP contribution is 2.43. The Bertz CT molecular complexity index is 833. The van der Waals surface area contributed by atoms with Crippen molar-refractivity contribution in [3.8, 4) is 5.75 Å². The number of carbonyl (C=O) groups excluding carboxylic acids is 1. The predicted octanol–water partition coefficient (Wildman–Crippen LogP) is 4.73. The number of amides is 1. The Hall–Kier alpha value is -1.28. The number of halogens is 1. The first kappa shape index (κ1) is 17.1. The zero-order chi connectivity index (χ0) is 17.6. The lowest BCUT2D eigenvalue weighted by atomic mass is 9.85. The van der Waals surface area contributed by atoms with Crippen LogP contribution in [0.2, 0.25) is 0 Å². The molecule has 0 radical (unpaired) electrons. The number of ether oxygens (including phenoxy) is 1. The van der Waals surface area contributed by atoms with Gasteiger partial charge in [-0.2, -0.15) is 0 Å². The largest absolute Gasteiger partial charge is 0.496 e. The molecule has 0 saturated carbocycles. The first-order chi connectivity index (χ1) is 12.1. The molecule has 2 heterocycles. The van der Waals surface area contributed by atoms with Gasteiger partial charge >= 0.3 is 0 Å². The van der Waals surface area contributed by atoms with Crippen molar-refractivity contribution in [3.05, 3.63) is 43.3 Å². The molecule has 1 amide bonds. The van der Waals surface area contributed by atoms with Crippen molar-refractivity contribution in [1.82, 2.24) is 5.32 Å². The van der Waals surface area contributed by atoms with Crippen LogP contribution in [0.15, 0.2) is 18.2 Å². The summed E-state index contributed by atoms with van der Waals surface area (Å²) in [4.78, 5) is 14.2. The normalized spacial score (nSPS) is 21.8. The molecule has 4 nitrogen and oxygen atoms in total. The number of anilines is 1. The van der Waals surface area contributed by atoms with E-state index in [1.54, 1.807) is 18.4 Å². The Labute approximate surface area is 165 Å². The summed E-state index contributed by atoms with van der Waals surface area (Å²) in [6.07, 6.45) is 4.36. The average molecular weight is 468 g/mol. The van der Waals surface area contributed by atoms with Gasteiger partial charge in [-0.1, -0.05) is 19.4 Å². The van der Waals surface area contributed by atoms with Gasteiger partial charge in [0.2, 0.25) is 0 Å². The van der Waals surface area contributed by atoms with Gasteiger partial charge in [0.1, 0.15) is 16.9 Å². The SMILES string of the molecule is CC[C@H]1CCc2c(sc3c2C(=O)N[C@@H](c2ccc(OC)c(I)c2)N3)C1. The molecule has 6 heteroatoms. The maximum absolute atomic E-state index is 12.8. The van der Waals surface area contributed by atoms with Crippen molar-refractivity contribution in [3.63, 3.8) is 0 Å². The van der Waals surface area contributed by atoms with Crippen molar-refractivity contribution >= 4 is 44.8 Å². The Morgan fingerprint density at radius 1 is 1.36 bits per heavy atom. The van der Waals surface area contributed by atoms with Gasteiger partial charge in [0.15, 0.2) is 0 Å². The molecule has 2 atom stereocenters. The van der Waals surface area contributed by atoms with E-state index < -0.39 is 0 Å². The minimum atomic E-state index is -0.193. The van der Waals surface area contributed by atoms with Crippen LogP contribution in [0.3, 0.4) is 0 Å². The van der Waals surface area contributed by atoms with Gasteiger partial charge in [0, 0.05) is 4.88 Å². The third-order valence-electron chi connectivity index (χ3n) is 5.23. The third kappa shape index (κ3) is 3.03. The summed E-state index contributed by atoms with van der Waals surface area (Å²) in [6, 6.07) is 6.01. The number of hydrogen-bond acceptors (Lipinski definition) is 4. The quantitative estimate of drug-likeness (QED) is 0.641. The fourth-order valence-corrected chi connectivity index (χ4v) is 5.89. The third-order valence-corrected chi connectivity index (χ3v) is 7.26. The Kier molecular flexibility index (Phi) is 4.66. The van der Waals surface area contributed by atoms with Gasteiger partial charge in [0.25, 0.3) is 5.91 Å². The summed E-state index contributed by atoms with van der Waals surface area (Å²) in [5.74, 6) is 1.66. The fourth-order valence-electron chi connectivity index (χ4n) is 3.74. The number of rotatable bonds is 3. The number of methoxy groups -OCH3 is 1. The van der Waals surface area contributed by atoms with Crippen molar-refractivity contribution in [1.29, 1.82) is 0 Å². The summed E-state index contributed by atoms with van der Waals surface area (Å²) in [7, 11) is 1.67. The maximum Gasteiger partial charge on any atom is 0.256 e. The highest BCUT2D eigenvalue weighted by atomic mass is 127. The molecule has 25 heavy (non-hydrogen) atoms. The van der Waals surface area contributed by atoms with Crippen LogP contribution in [0.5, 0.6) is 5.75 Å². The van der Waals surface area contributed by atoms with E-state index in [4.69, 9.17) is 4.74 Å². The molecule has 1 aliphatic heterocycles. The molecule has 1 aromatic heterocycles. The number of carbonyl (C=O) groups is 1. The summed E-state index contributed by atoms with van der Waals surface area (Å²) >= 11 is 4.03. The van der Waals surface area contributed by atoms with E-state index in [1.165, 1.54) is 23.3 Å². The number of fused-ring (bicyclic) bond motifs is 3. The van der Waals surface area contributed by atoms with Crippen LogP contribution in [0.25, 0.3) is 0 Å². The minimum absolute atomic E-state index is 0.0528. The van der Waals surface area contributed by atoms with Crippen LogP contribution in [0.4, 0.5) is 5.00 Å². The highest BCUT2D eigenvalue weighted by molar-refractivity contribution is 14.1. The molecule has 0 saturated heterocycles. The Balaban J connectivity index is 1.65. The lowest BCUT2D eigenvalue weighted by Gasteiger charge is -2.27. The number of thiophene rings is 1. The fraction of sp³-hybridized carbons (Fsp3) is 0.421. The van der Waals surface area contributed by atoms with Crippen LogP contribution < -0.4 is 15.4 Å². The summed E-state index contributed by atoms with van der Waals surface area (Å²) < 4.78 is 6.36. The molecule has 1 aliphatic carbocycles. The van der Waals surface area contributed by atoms with Crippen molar-refractivity contribution < 1.29 is 9.53 Å². The van der Waals surface area contributed by atoms with Gasteiger partial charge in [-0.15, -0.1) is 11.3 Å². The second kappa shape index (κ2) is 6.79. The van der Waals surface area contributed by atoms with Crippen LogP contribution in [-0.4, -0.2) is 13.0 Å². The number of hydrogen-bond donors (Lipinski definition) is 2. The number of nitrogens with one attached hydrogen (secondary N) is 2. The standard InChI is InChI=1S/C19H21IN2O2S/c1-3-10-4-6-12-15(8-10)25-19-16(12)18(23)21-17(22-19)11-5-7-14(24-2)13(20)9-11/h5,7,9-10,17,22H,3-4,6,8H2,1-2H3,(H,21,23)/t10-,17+/m0/s1. The van der Waals surface area contributed by atoms with E-state index in [9.17, 15) is 4.79 Å². The van der Waals surface area contributed by atoms with Crippen LogP contribution in [-0.2, 0) is 12.8 Å². The van der Waals surface area contributed by atoms with Crippen LogP contribution >= 0.6 is 33.9 Å². The van der Waals surface area contributed by atoms with E-state index in [1.807, 2.05) is 12.1 Å². The van der Waals surface area contributed by atoms with E-state index in [0.717, 1.165) is 44.2 Å². The molecule has 132 valence electrons. The summed E-state index contributed by atoms with van der Waals surface area (Å²) in [5, 5.41) is 7.70. The molecule has 1 aromatic carbocycles. The van der Waals surface area contributed by atoms with Gasteiger partial charge in [-0.05, 0) is 71.0 Å². The van der Waals surface area contributed by atoms with Gasteiger partial charge in [-0.25, -0.2) is 0 Å². The van der Waals surface area contributed by atoms with Crippen LogP contribution in [0.1, 0.15) is 52.3 Å². The summed E-state index contributed by atoms with van der Waals surface area (Å²) in [6.45, 7) is 2.26. The molecule has 0 unspecified atom stereocenters.